The molecular weight excluding hydrogens is 240 g/mol. The molecule has 2 unspecified atom stereocenters. The Hall–Kier alpha value is 0.270. The van der Waals surface area contributed by atoms with E-state index in [1.165, 1.54) is 19.6 Å². The first-order valence-electron chi connectivity index (χ1n) is 7.20. The van der Waals surface area contributed by atoms with Crippen molar-refractivity contribution in [2.75, 3.05) is 26.2 Å². The molecule has 0 aromatic carbocycles. The Kier molecular flexibility index (Phi) is 5.58. The normalized spacial score (nSPS) is 27.5. The van der Waals surface area contributed by atoms with Gasteiger partial charge in [0.2, 0.25) is 0 Å². The quantitative estimate of drug-likeness (QED) is 0.846. The summed E-state index contributed by atoms with van der Waals surface area (Å²) in [6, 6.07) is 0. The first kappa shape index (κ1) is 16.3. The lowest BCUT2D eigenvalue weighted by atomic mass is 9.91. The summed E-state index contributed by atoms with van der Waals surface area (Å²) in [7, 11) is 0. The smallest absolute Gasteiger partial charge is 0.0149 e. The van der Waals surface area contributed by atoms with Gasteiger partial charge < -0.3 is 10.2 Å². The van der Waals surface area contributed by atoms with E-state index in [0.717, 1.165) is 17.0 Å². The van der Waals surface area contributed by atoms with Crippen LogP contribution in [0.15, 0.2) is 0 Å². The lowest BCUT2D eigenvalue weighted by Gasteiger charge is -2.40. The van der Waals surface area contributed by atoms with Gasteiger partial charge in [-0.1, -0.05) is 27.7 Å². The molecule has 0 amide bonds. The van der Waals surface area contributed by atoms with Crippen molar-refractivity contribution in [1.82, 2.24) is 10.2 Å². The molecule has 1 rings (SSSR count). The molecule has 0 aromatic rings. The Morgan fingerprint density at radius 2 is 1.56 bits per heavy atom. The third-order valence-electron chi connectivity index (χ3n) is 3.24. The standard InChI is InChI=1S/C15H32N2S/c1-12-8-17(9-13(2)18-12)11-15(6,7)10-16-14(3,4)5/h12-13,16H,8-11H2,1-7H3. The third kappa shape index (κ3) is 6.44. The minimum atomic E-state index is 0.218. The Balaban J connectivity index is 2.44. The zero-order valence-electron chi connectivity index (χ0n) is 13.3. The SMILES string of the molecule is CC1CN(CC(C)(C)CNC(C)(C)C)CC(C)S1. The van der Waals surface area contributed by atoms with Crippen molar-refractivity contribution < 1.29 is 0 Å². The number of hydrogen-bond donors (Lipinski definition) is 1. The fourth-order valence-corrected chi connectivity index (χ4v) is 3.97. The third-order valence-corrected chi connectivity index (χ3v) is 4.47. The van der Waals surface area contributed by atoms with E-state index >= 15 is 0 Å². The Labute approximate surface area is 118 Å². The van der Waals surface area contributed by atoms with Crippen LogP contribution < -0.4 is 5.32 Å². The number of nitrogens with zero attached hydrogens (tertiary/aromatic N) is 1. The summed E-state index contributed by atoms with van der Waals surface area (Å²) >= 11 is 2.13. The molecule has 1 aliphatic heterocycles. The molecular formula is C15H32N2S. The summed E-state index contributed by atoms with van der Waals surface area (Å²) in [6.07, 6.45) is 0. The molecule has 0 saturated carbocycles. The van der Waals surface area contributed by atoms with Gasteiger partial charge in [-0.05, 0) is 26.2 Å². The highest BCUT2D eigenvalue weighted by molar-refractivity contribution is 8.00. The van der Waals surface area contributed by atoms with Gasteiger partial charge in [-0.15, -0.1) is 0 Å². The summed E-state index contributed by atoms with van der Waals surface area (Å²) in [5.74, 6) is 0. The Bertz CT molecular complexity index is 248. The molecule has 0 spiro atoms. The Morgan fingerprint density at radius 1 is 1.06 bits per heavy atom. The van der Waals surface area contributed by atoms with Crippen molar-refractivity contribution in [1.29, 1.82) is 0 Å². The molecule has 1 fully saturated rings. The van der Waals surface area contributed by atoms with Crippen LogP contribution in [-0.2, 0) is 0 Å². The van der Waals surface area contributed by atoms with Crippen LogP contribution in [0.25, 0.3) is 0 Å². The van der Waals surface area contributed by atoms with Crippen molar-refractivity contribution in [3.05, 3.63) is 0 Å². The molecule has 0 aliphatic carbocycles. The van der Waals surface area contributed by atoms with Crippen molar-refractivity contribution in [2.24, 2.45) is 5.41 Å². The Morgan fingerprint density at radius 3 is 2.00 bits per heavy atom. The summed E-state index contributed by atoms with van der Waals surface area (Å²) in [5.41, 5.74) is 0.560. The van der Waals surface area contributed by atoms with Crippen LogP contribution in [0.4, 0.5) is 0 Å². The number of hydrogen-bond acceptors (Lipinski definition) is 3. The van der Waals surface area contributed by atoms with Crippen molar-refractivity contribution >= 4 is 11.8 Å². The first-order valence-corrected chi connectivity index (χ1v) is 8.14. The fourth-order valence-electron chi connectivity index (χ4n) is 2.58. The van der Waals surface area contributed by atoms with Crippen LogP contribution in [0.3, 0.4) is 0 Å². The predicted octanol–water partition coefficient (Wildman–Crippen LogP) is 3.23. The molecule has 1 N–H and O–H groups in total. The van der Waals surface area contributed by atoms with E-state index in [9.17, 15) is 0 Å². The first-order chi connectivity index (χ1) is 8.07. The highest BCUT2D eigenvalue weighted by Gasteiger charge is 2.28. The van der Waals surface area contributed by atoms with E-state index in [0.29, 0.717) is 5.41 Å². The summed E-state index contributed by atoms with van der Waals surface area (Å²) in [5, 5.41) is 5.20. The van der Waals surface area contributed by atoms with Crippen LogP contribution >= 0.6 is 11.8 Å². The van der Waals surface area contributed by atoms with Crippen molar-refractivity contribution in [2.45, 2.75) is 64.5 Å². The lowest BCUT2D eigenvalue weighted by Crippen LogP contribution is -2.49. The average molecular weight is 273 g/mol. The van der Waals surface area contributed by atoms with Gasteiger partial charge in [0.05, 0.1) is 0 Å². The molecule has 2 nitrogen and oxygen atoms in total. The molecule has 0 radical (unpaired) electrons. The predicted molar refractivity (Wildman–Crippen MR) is 84.5 cm³/mol. The molecule has 3 heteroatoms. The van der Waals surface area contributed by atoms with Crippen LogP contribution in [0, 0.1) is 5.41 Å². The maximum atomic E-state index is 3.64. The molecule has 0 aromatic heterocycles. The number of nitrogens with one attached hydrogen (secondary N) is 1. The van der Waals surface area contributed by atoms with Gasteiger partial charge in [-0.3, -0.25) is 0 Å². The number of rotatable bonds is 4. The second kappa shape index (κ2) is 6.15. The van der Waals surface area contributed by atoms with Gasteiger partial charge in [0.15, 0.2) is 0 Å². The van der Waals surface area contributed by atoms with Crippen LogP contribution in [-0.4, -0.2) is 47.1 Å². The van der Waals surface area contributed by atoms with Crippen LogP contribution in [0.1, 0.15) is 48.5 Å². The molecule has 2 atom stereocenters. The lowest BCUT2D eigenvalue weighted by molar-refractivity contribution is 0.164. The van der Waals surface area contributed by atoms with E-state index < -0.39 is 0 Å². The van der Waals surface area contributed by atoms with Gasteiger partial charge >= 0.3 is 0 Å². The average Bonchev–Trinajstić information content (AvgIpc) is 2.11. The van der Waals surface area contributed by atoms with E-state index in [1.807, 2.05) is 0 Å². The monoisotopic (exact) mass is 272 g/mol. The summed E-state index contributed by atoms with van der Waals surface area (Å²) in [6.45, 7) is 21.0. The molecule has 1 saturated heterocycles. The van der Waals surface area contributed by atoms with Crippen molar-refractivity contribution in [3.8, 4) is 0 Å². The highest BCUT2D eigenvalue weighted by atomic mass is 32.2. The van der Waals surface area contributed by atoms with E-state index in [-0.39, 0.29) is 5.54 Å². The van der Waals surface area contributed by atoms with Gasteiger partial charge in [0, 0.05) is 42.2 Å². The zero-order valence-corrected chi connectivity index (χ0v) is 14.2. The highest BCUT2D eigenvalue weighted by Crippen LogP contribution is 2.27. The molecule has 108 valence electrons. The van der Waals surface area contributed by atoms with Gasteiger partial charge in [0.1, 0.15) is 0 Å². The summed E-state index contributed by atoms with van der Waals surface area (Å²) < 4.78 is 0. The molecule has 18 heavy (non-hydrogen) atoms. The van der Waals surface area contributed by atoms with E-state index in [4.69, 9.17) is 0 Å². The number of thioether (sulfide) groups is 1. The van der Waals surface area contributed by atoms with E-state index in [1.54, 1.807) is 0 Å². The molecule has 1 aliphatic rings. The topological polar surface area (TPSA) is 15.3 Å². The van der Waals surface area contributed by atoms with Gasteiger partial charge in [-0.2, -0.15) is 11.8 Å². The largest absolute Gasteiger partial charge is 0.311 e. The van der Waals surface area contributed by atoms with Gasteiger partial charge in [0.25, 0.3) is 0 Å². The van der Waals surface area contributed by atoms with Crippen LogP contribution in [0.2, 0.25) is 0 Å². The van der Waals surface area contributed by atoms with Crippen molar-refractivity contribution in [3.63, 3.8) is 0 Å². The summed E-state index contributed by atoms with van der Waals surface area (Å²) in [4.78, 5) is 2.65. The minimum absolute atomic E-state index is 0.218. The van der Waals surface area contributed by atoms with E-state index in [2.05, 4.69) is 70.4 Å². The van der Waals surface area contributed by atoms with Crippen LogP contribution in [0.5, 0.6) is 0 Å². The zero-order chi connectivity index (χ0) is 14.0. The molecule has 0 bridgehead atoms. The maximum absolute atomic E-state index is 3.64. The second-order valence-corrected chi connectivity index (χ2v) is 9.60. The fraction of sp³-hybridized carbons (Fsp3) is 1.00. The molecule has 1 heterocycles. The second-order valence-electron chi connectivity index (χ2n) is 7.72. The minimum Gasteiger partial charge on any atom is -0.311 e. The van der Waals surface area contributed by atoms with Gasteiger partial charge in [-0.25, -0.2) is 0 Å². The maximum Gasteiger partial charge on any atom is 0.0149 e.